The molecule has 0 bridgehead atoms. The van der Waals surface area contributed by atoms with Crippen LogP contribution in [0.25, 0.3) is 0 Å². The lowest BCUT2D eigenvalue weighted by molar-refractivity contribution is 0.0835. The van der Waals surface area contributed by atoms with Gasteiger partial charge in [-0.3, -0.25) is 0 Å². The number of nitrogens with two attached hydrogens (primary N) is 1. The first-order chi connectivity index (χ1) is 7.83. The number of rotatable bonds is 1. The summed E-state index contributed by atoms with van der Waals surface area (Å²) in [6.45, 7) is 2.51. The summed E-state index contributed by atoms with van der Waals surface area (Å²) in [6, 6.07) is 0.247. The minimum absolute atomic E-state index is 0.247. The van der Waals surface area contributed by atoms with E-state index in [-0.39, 0.29) is 6.04 Å². The molecule has 1 aromatic rings. The van der Waals surface area contributed by atoms with Crippen molar-refractivity contribution in [1.82, 2.24) is 14.8 Å². The Kier molecular flexibility index (Phi) is 2.65. The summed E-state index contributed by atoms with van der Waals surface area (Å²) in [4.78, 5) is 4.65. The van der Waals surface area contributed by atoms with Crippen LogP contribution in [0.15, 0.2) is 0 Å². The van der Waals surface area contributed by atoms with Crippen LogP contribution in [0.2, 0.25) is 0 Å². The van der Waals surface area contributed by atoms with Gasteiger partial charge in [0.1, 0.15) is 5.82 Å². The van der Waals surface area contributed by atoms with E-state index in [1.807, 2.05) is 4.68 Å². The van der Waals surface area contributed by atoms with Crippen LogP contribution in [-0.2, 0) is 17.7 Å². The molecule has 2 aliphatic heterocycles. The Hall–Kier alpha value is -0.940. The number of fused-ring (bicyclic) bond motifs is 1. The van der Waals surface area contributed by atoms with Crippen LogP contribution in [0, 0.1) is 0 Å². The van der Waals surface area contributed by atoms with E-state index in [2.05, 4.69) is 10.1 Å². The highest BCUT2D eigenvalue weighted by molar-refractivity contribution is 5.03. The zero-order valence-corrected chi connectivity index (χ0v) is 9.43. The summed E-state index contributed by atoms with van der Waals surface area (Å²) in [5.74, 6) is 2.61. The maximum atomic E-state index is 5.93. The van der Waals surface area contributed by atoms with E-state index in [1.54, 1.807) is 0 Å². The third-order valence-corrected chi connectivity index (χ3v) is 3.50. The van der Waals surface area contributed by atoms with Crippen LogP contribution in [0.4, 0.5) is 0 Å². The Bertz CT molecular complexity index is 370. The summed E-state index contributed by atoms with van der Waals surface area (Å²) in [5, 5.41) is 4.59. The largest absolute Gasteiger partial charge is 0.381 e. The van der Waals surface area contributed by atoms with Gasteiger partial charge in [-0.05, 0) is 19.3 Å². The zero-order chi connectivity index (χ0) is 11.0. The molecule has 0 saturated carbocycles. The summed E-state index contributed by atoms with van der Waals surface area (Å²) in [5.41, 5.74) is 5.93. The highest BCUT2D eigenvalue weighted by Gasteiger charge is 2.24. The molecule has 5 nitrogen and oxygen atoms in total. The number of aryl methyl sites for hydroxylation is 1. The van der Waals surface area contributed by atoms with E-state index in [0.717, 1.165) is 57.1 Å². The molecule has 0 spiro atoms. The first-order valence-electron chi connectivity index (χ1n) is 6.10. The lowest BCUT2D eigenvalue weighted by Gasteiger charge is -2.19. The second-order valence-corrected chi connectivity index (χ2v) is 4.75. The highest BCUT2D eigenvalue weighted by atomic mass is 16.5. The van der Waals surface area contributed by atoms with Gasteiger partial charge in [0.05, 0.1) is 6.54 Å². The zero-order valence-electron chi connectivity index (χ0n) is 9.43. The summed E-state index contributed by atoms with van der Waals surface area (Å²) >= 11 is 0. The van der Waals surface area contributed by atoms with Gasteiger partial charge in [-0.25, -0.2) is 9.67 Å². The average Bonchev–Trinajstić information content (AvgIpc) is 2.73. The second kappa shape index (κ2) is 4.14. The molecule has 0 amide bonds. The molecule has 3 heterocycles. The monoisotopic (exact) mass is 222 g/mol. The first-order valence-corrected chi connectivity index (χ1v) is 6.10. The molecule has 1 atom stereocenters. The van der Waals surface area contributed by atoms with Gasteiger partial charge < -0.3 is 10.5 Å². The molecule has 16 heavy (non-hydrogen) atoms. The molecule has 0 aromatic carbocycles. The predicted octanol–water partition coefficient (Wildman–Crippen LogP) is 0.446. The molecular formula is C11H18N4O. The van der Waals surface area contributed by atoms with Crippen molar-refractivity contribution in [3.8, 4) is 0 Å². The minimum atomic E-state index is 0.247. The van der Waals surface area contributed by atoms with E-state index >= 15 is 0 Å². The van der Waals surface area contributed by atoms with Crippen LogP contribution in [-0.4, -0.2) is 34.0 Å². The smallest absolute Gasteiger partial charge is 0.154 e. The van der Waals surface area contributed by atoms with Crippen molar-refractivity contribution >= 4 is 0 Å². The molecule has 0 aliphatic carbocycles. The van der Waals surface area contributed by atoms with Gasteiger partial charge in [0.25, 0.3) is 0 Å². The lowest BCUT2D eigenvalue weighted by Crippen LogP contribution is -2.32. The van der Waals surface area contributed by atoms with Crippen LogP contribution in [0.1, 0.15) is 36.8 Å². The van der Waals surface area contributed by atoms with Crippen molar-refractivity contribution in [3.05, 3.63) is 11.6 Å². The van der Waals surface area contributed by atoms with Gasteiger partial charge in [0.2, 0.25) is 0 Å². The van der Waals surface area contributed by atoms with E-state index in [0.29, 0.717) is 5.92 Å². The van der Waals surface area contributed by atoms with Crippen molar-refractivity contribution in [1.29, 1.82) is 0 Å². The molecule has 2 aliphatic rings. The average molecular weight is 222 g/mol. The number of nitrogens with zero attached hydrogens (tertiary/aromatic N) is 3. The quantitative estimate of drug-likeness (QED) is 0.749. The van der Waals surface area contributed by atoms with Gasteiger partial charge in [-0.15, -0.1) is 0 Å². The Morgan fingerprint density at radius 1 is 1.25 bits per heavy atom. The molecule has 1 aromatic heterocycles. The number of hydrogen-bond acceptors (Lipinski definition) is 4. The van der Waals surface area contributed by atoms with Crippen LogP contribution in [0.3, 0.4) is 0 Å². The molecule has 1 unspecified atom stereocenters. The fourth-order valence-electron chi connectivity index (χ4n) is 2.48. The maximum Gasteiger partial charge on any atom is 0.154 e. The van der Waals surface area contributed by atoms with Crippen molar-refractivity contribution in [2.75, 3.05) is 13.2 Å². The molecule has 88 valence electrons. The van der Waals surface area contributed by atoms with E-state index in [9.17, 15) is 0 Å². The number of ether oxygens (including phenoxy) is 1. The summed E-state index contributed by atoms with van der Waals surface area (Å²) in [7, 11) is 0. The van der Waals surface area contributed by atoms with Gasteiger partial charge in [-0.2, -0.15) is 5.10 Å². The van der Waals surface area contributed by atoms with Gasteiger partial charge in [0, 0.05) is 31.6 Å². The normalized spacial score (nSPS) is 26.7. The topological polar surface area (TPSA) is 66.0 Å². The lowest BCUT2D eigenvalue weighted by atomic mass is 10.00. The van der Waals surface area contributed by atoms with Crippen LogP contribution < -0.4 is 5.73 Å². The van der Waals surface area contributed by atoms with Crippen LogP contribution >= 0.6 is 0 Å². The Balaban J connectivity index is 1.80. The maximum absolute atomic E-state index is 5.93. The molecule has 2 N–H and O–H groups in total. The standard InChI is InChI=1S/C11H18N4O/c12-9-1-2-10-13-11(14-15(10)7-9)8-3-5-16-6-4-8/h8-9H,1-7,12H2. The second-order valence-electron chi connectivity index (χ2n) is 4.75. The SMILES string of the molecule is NC1CCc2nc(C3CCOCC3)nn2C1. The fraction of sp³-hybridized carbons (Fsp3) is 0.818. The van der Waals surface area contributed by atoms with Crippen LogP contribution in [0.5, 0.6) is 0 Å². The summed E-state index contributed by atoms with van der Waals surface area (Å²) in [6.07, 6.45) is 4.11. The molecule has 0 radical (unpaired) electrons. The van der Waals surface area contributed by atoms with E-state index in [1.165, 1.54) is 0 Å². The molecule has 1 fully saturated rings. The van der Waals surface area contributed by atoms with Gasteiger partial charge >= 0.3 is 0 Å². The Morgan fingerprint density at radius 2 is 2.06 bits per heavy atom. The third-order valence-electron chi connectivity index (χ3n) is 3.50. The van der Waals surface area contributed by atoms with Crippen molar-refractivity contribution in [2.24, 2.45) is 5.73 Å². The first kappa shape index (κ1) is 10.2. The number of aromatic nitrogens is 3. The third kappa shape index (κ3) is 1.85. The minimum Gasteiger partial charge on any atom is -0.381 e. The van der Waals surface area contributed by atoms with Gasteiger partial charge in [0.15, 0.2) is 5.82 Å². The molecule has 1 saturated heterocycles. The fourth-order valence-corrected chi connectivity index (χ4v) is 2.48. The Morgan fingerprint density at radius 3 is 2.88 bits per heavy atom. The molecular weight excluding hydrogens is 204 g/mol. The van der Waals surface area contributed by atoms with Crippen molar-refractivity contribution in [2.45, 2.75) is 44.2 Å². The van der Waals surface area contributed by atoms with E-state index in [4.69, 9.17) is 10.5 Å². The number of hydrogen-bond donors (Lipinski definition) is 1. The summed E-state index contributed by atoms with van der Waals surface area (Å²) < 4.78 is 7.36. The molecule has 3 rings (SSSR count). The van der Waals surface area contributed by atoms with Gasteiger partial charge in [-0.1, -0.05) is 0 Å². The van der Waals surface area contributed by atoms with Crippen molar-refractivity contribution < 1.29 is 4.74 Å². The molecule has 5 heteroatoms. The van der Waals surface area contributed by atoms with Crippen molar-refractivity contribution in [3.63, 3.8) is 0 Å². The highest BCUT2D eigenvalue weighted by Crippen LogP contribution is 2.25. The van der Waals surface area contributed by atoms with E-state index < -0.39 is 0 Å². The predicted molar refractivity (Wildman–Crippen MR) is 59.1 cm³/mol. The Labute approximate surface area is 95.0 Å².